The van der Waals surface area contributed by atoms with Crippen molar-refractivity contribution in [2.75, 3.05) is 14.2 Å². The maximum Gasteiger partial charge on any atom is 0.185 e. The van der Waals surface area contributed by atoms with Crippen molar-refractivity contribution in [2.45, 2.75) is 46.3 Å². The second-order valence-corrected chi connectivity index (χ2v) is 14.7. The van der Waals surface area contributed by atoms with Gasteiger partial charge in [-0.15, -0.1) is 11.8 Å². The summed E-state index contributed by atoms with van der Waals surface area (Å²) in [6.45, 7) is 3.88. The second-order valence-electron chi connectivity index (χ2n) is 10.1. The van der Waals surface area contributed by atoms with Crippen LogP contribution in [0.3, 0.4) is 0 Å². The number of fused-ring (bicyclic) bond motifs is 2. The first-order valence-corrected chi connectivity index (χ1v) is 16.7. The molecule has 2 heterocycles. The summed E-state index contributed by atoms with van der Waals surface area (Å²) < 4.78 is 44.8. The second kappa shape index (κ2) is 12.8. The number of hydrogen-bond acceptors (Lipinski definition) is 9. The number of rotatable bonds is 4. The minimum absolute atomic E-state index is 0.0515. The van der Waals surface area contributed by atoms with Gasteiger partial charge in [0, 0.05) is 5.25 Å². The molecule has 11 heteroatoms. The average molecular weight is 690 g/mol. The topological polar surface area (TPSA) is 118 Å². The van der Waals surface area contributed by atoms with E-state index in [1.165, 1.54) is 7.11 Å². The van der Waals surface area contributed by atoms with Crippen LogP contribution in [0.2, 0.25) is 0 Å². The Morgan fingerprint density at radius 2 is 1.37 bits per heavy atom. The van der Waals surface area contributed by atoms with Gasteiger partial charge >= 0.3 is 0 Å². The smallest absolute Gasteiger partial charge is 0.185 e. The van der Waals surface area contributed by atoms with E-state index >= 15 is 0 Å². The molecule has 4 N–H and O–H groups in total. The van der Waals surface area contributed by atoms with Crippen LogP contribution in [0.5, 0.6) is 34.5 Å². The highest BCUT2D eigenvalue weighted by Gasteiger charge is 2.42. The van der Waals surface area contributed by atoms with Crippen molar-refractivity contribution in [1.82, 2.24) is 0 Å². The summed E-state index contributed by atoms with van der Waals surface area (Å²) in [5.74, 6) is 2.74. The lowest BCUT2D eigenvalue weighted by Gasteiger charge is -2.47. The van der Waals surface area contributed by atoms with Crippen LogP contribution >= 0.6 is 38.3 Å². The third kappa shape index (κ3) is 6.23. The fourth-order valence-corrected chi connectivity index (χ4v) is 8.20. The molecule has 8 nitrogen and oxygen atoms in total. The maximum absolute atomic E-state index is 10.7. The summed E-state index contributed by atoms with van der Waals surface area (Å²) in [5, 5.41) is 18.8. The fraction of sp³-hybridized carbons (Fsp3) is 0.250. The van der Waals surface area contributed by atoms with Crippen LogP contribution < -0.4 is 18.9 Å². The van der Waals surface area contributed by atoms with Gasteiger partial charge in [0.2, 0.25) is 0 Å². The molecule has 6 rings (SSSR count). The molecule has 0 saturated heterocycles. The predicted molar refractivity (Wildman–Crippen MR) is 173 cm³/mol. The number of benzene rings is 4. The van der Waals surface area contributed by atoms with Crippen molar-refractivity contribution in [2.24, 2.45) is 0 Å². The van der Waals surface area contributed by atoms with Gasteiger partial charge in [-0.25, -0.2) is 0 Å². The Balaban J connectivity index is 0.000000173. The molecule has 228 valence electrons. The molecule has 0 unspecified atom stereocenters. The lowest BCUT2D eigenvalue weighted by atomic mass is 10.1. The number of thioether (sulfide) groups is 1. The third-order valence-corrected chi connectivity index (χ3v) is 11.4. The molecule has 4 atom stereocenters. The lowest BCUT2D eigenvalue weighted by Crippen LogP contribution is -2.31. The Hall–Kier alpha value is -3.22. The van der Waals surface area contributed by atoms with Crippen molar-refractivity contribution in [3.05, 3.63) is 94.5 Å². The third-order valence-electron chi connectivity index (χ3n) is 7.34. The molecule has 4 aromatic rings. The van der Waals surface area contributed by atoms with Gasteiger partial charge in [0.1, 0.15) is 28.6 Å². The number of phenols is 2. The minimum Gasteiger partial charge on any atom is -0.508 e. The molecule has 0 saturated carbocycles. The highest BCUT2D eigenvalue weighted by molar-refractivity contribution is 9.10. The zero-order chi connectivity index (χ0) is 30.9. The first-order chi connectivity index (χ1) is 20.5. The number of para-hydroxylation sites is 2. The number of hydrogen-bond donors (Lipinski definition) is 4. The van der Waals surface area contributed by atoms with E-state index in [4.69, 9.17) is 18.9 Å². The van der Waals surface area contributed by atoms with Crippen LogP contribution in [0, 0.1) is 0 Å². The number of halogens is 1. The first kappa shape index (κ1) is 31.2. The van der Waals surface area contributed by atoms with E-state index < -0.39 is 21.9 Å². The normalized spacial score (nSPS) is 22.3. The van der Waals surface area contributed by atoms with E-state index in [-0.39, 0.29) is 17.6 Å². The van der Waals surface area contributed by atoms with Crippen LogP contribution in [-0.2, 0) is 0 Å². The summed E-state index contributed by atoms with van der Waals surface area (Å²) in [5.41, 5.74) is 1.79. The van der Waals surface area contributed by atoms with Crippen LogP contribution in [0.15, 0.2) is 93.1 Å². The predicted octanol–water partition coefficient (Wildman–Crippen LogP) is 8.81. The van der Waals surface area contributed by atoms with Crippen molar-refractivity contribution in [3.8, 4) is 34.5 Å². The molecule has 43 heavy (non-hydrogen) atoms. The molecule has 0 radical (unpaired) electrons. The largest absolute Gasteiger partial charge is 0.508 e. The Morgan fingerprint density at radius 3 is 2.02 bits per heavy atom. The van der Waals surface area contributed by atoms with Crippen molar-refractivity contribution in [3.63, 3.8) is 0 Å². The Bertz CT molecular complexity index is 1600. The van der Waals surface area contributed by atoms with Gasteiger partial charge in [-0.2, -0.15) is 10.6 Å². The summed E-state index contributed by atoms with van der Waals surface area (Å²) in [6, 6.07) is 23.1. The molecule has 0 amide bonds. The van der Waals surface area contributed by atoms with E-state index in [2.05, 4.69) is 22.9 Å². The van der Waals surface area contributed by atoms with Crippen molar-refractivity contribution < 1.29 is 38.3 Å². The van der Waals surface area contributed by atoms with Gasteiger partial charge in [0.05, 0.1) is 28.8 Å². The molecular weight excluding hydrogens is 656 g/mol. The Labute approximate surface area is 265 Å². The van der Waals surface area contributed by atoms with E-state index in [1.807, 2.05) is 30.3 Å². The molecule has 2 aliphatic heterocycles. The van der Waals surface area contributed by atoms with Crippen LogP contribution in [0.25, 0.3) is 0 Å². The fourth-order valence-electron chi connectivity index (χ4n) is 5.00. The van der Waals surface area contributed by atoms with Crippen LogP contribution in [0.4, 0.5) is 0 Å². The number of methoxy groups -OCH3 is 2. The van der Waals surface area contributed by atoms with E-state index in [0.29, 0.717) is 26.1 Å². The molecule has 0 bridgehead atoms. The molecule has 0 aromatic heterocycles. The van der Waals surface area contributed by atoms with E-state index in [0.717, 1.165) is 27.5 Å². The highest BCUT2D eigenvalue weighted by Crippen LogP contribution is 2.65. The SMILES string of the molecule is COc1cccc2c1O[C@@H](c1ccc(O)c(Br)c1)[C@H](C)S2(O)O.COc1cccc2c1O[C@@H](c1ccc(O)cc1)[C@H](C)S2. The first-order valence-electron chi connectivity index (χ1n) is 13.4. The van der Waals surface area contributed by atoms with Gasteiger partial charge in [-0.3, -0.25) is 9.11 Å². The maximum atomic E-state index is 10.7. The zero-order valence-corrected chi connectivity index (χ0v) is 27.2. The van der Waals surface area contributed by atoms with Gasteiger partial charge in [0.15, 0.2) is 23.0 Å². The van der Waals surface area contributed by atoms with Gasteiger partial charge in [-0.05, 0) is 89.4 Å². The van der Waals surface area contributed by atoms with Gasteiger partial charge < -0.3 is 29.2 Å². The quantitative estimate of drug-likeness (QED) is 0.167. The van der Waals surface area contributed by atoms with Crippen molar-refractivity contribution >= 4 is 38.3 Å². The van der Waals surface area contributed by atoms with Gasteiger partial charge in [-0.1, -0.05) is 30.3 Å². The summed E-state index contributed by atoms with van der Waals surface area (Å²) >= 11 is 5.05. The zero-order valence-electron chi connectivity index (χ0n) is 23.9. The summed E-state index contributed by atoms with van der Waals surface area (Å²) in [6.07, 6.45) is -0.620. The molecule has 4 aromatic carbocycles. The summed E-state index contributed by atoms with van der Waals surface area (Å²) in [4.78, 5) is 1.46. The molecule has 0 fully saturated rings. The molecule has 2 aliphatic rings. The minimum atomic E-state index is -3.06. The molecule has 0 aliphatic carbocycles. The Morgan fingerprint density at radius 1 is 0.767 bits per heavy atom. The van der Waals surface area contributed by atoms with Crippen molar-refractivity contribution in [1.29, 1.82) is 0 Å². The van der Waals surface area contributed by atoms with E-state index in [9.17, 15) is 19.3 Å². The lowest BCUT2D eigenvalue weighted by molar-refractivity contribution is 0.172. The highest BCUT2D eigenvalue weighted by atomic mass is 79.9. The van der Waals surface area contributed by atoms with E-state index in [1.54, 1.807) is 74.3 Å². The molecule has 0 spiro atoms. The standard InChI is InChI=1S/C16H17BrO5S.C16H16O3S/c1-9-15(10-6-7-12(18)11(17)8-10)22-16-13(21-2)4-3-5-14(16)23(9,19)20;1-10-15(11-6-8-12(17)9-7-11)19-16-13(18-2)4-3-5-14(16)20-10/h3-9,15,18-20H,1-2H3;3-10,15,17H,1-2H3/t9-,15+;10-,15+/m00/s1. The number of phenolic OH excluding ortho intramolecular Hbond substituents is 2. The number of ether oxygens (including phenoxy) is 4. The van der Waals surface area contributed by atoms with Gasteiger partial charge in [0.25, 0.3) is 0 Å². The van der Waals surface area contributed by atoms with Crippen LogP contribution in [-0.4, -0.2) is 44.0 Å². The number of aromatic hydroxyl groups is 2. The monoisotopic (exact) mass is 688 g/mol. The Kier molecular flexibility index (Phi) is 9.29. The van der Waals surface area contributed by atoms with Crippen LogP contribution in [0.1, 0.15) is 37.2 Å². The average Bonchev–Trinajstić information content (AvgIpc) is 3.00. The summed E-state index contributed by atoms with van der Waals surface area (Å²) in [7, 11) is 0.102. The molecular formula is C32H33BrO8S2.